The third-order valence-corrected chi connectivity index (χ3v) is 3.72. The quantitative estimate of drug-likeness (QED) is 0.861. The van der Waals surface area contributed by atoms with Crippen LogP contribution < -0.4 is 11.1 Å². The number of nitrogens with two attached hydrogens (primary N) is 1. The number of anilines is 1. The summed E-state index contributed by atoms with van der Waals surface area (Å²) < 4.78 is 0. The zero-order valence-electron chi connectivity index (χ0n) is 11.3. The maximum atomic E-state index is 11.8. The van der Waals surface area contributed by atoms with Crippen molar-refractivity contribution < 1.29 is 9.59 Å². The van der Waals surface area contributed by atoms with E-state index in [9.17, 15) is 9.59 Å². The summed E-state index contributed by atoms with van der Waals surface area (Å²) >= 11 is 1.42. The second-order valence-electron chi connectivity index (χ2n) is 4.70. The zero-order chi connectivity index (χ0) is 13.9. The average Bonchev–Trinajstić information content (AvgIpc) is 2.52. The standard InChI is InChI=1S/C13H20N2O2S/c1-5-9-8(4)18-13(11(9)12(14)17)15-10(16)6-7(2)3/h7H,5-6H2,1-4H3,(H2,14,17)(H,15,16). The van der Waals surface area contributed by atoms with Crippen LogP contribution in [-0.4, -0.2) is 11.8 Å². The van der Waals surface area contributed by atoms with Crippen LogP contribution in [0.4, 0.5) is 5.00 Å². The van der Waals surface area contributed by atoms with Crippen molar-refractivity contribution in [1.82, 2.24) is 0 Å². The SMILES string of the molecule is CCc1c(C)sc(NC(=O)CC(C)C)c1C(N)=O. The Bertz CT molecular complexity index is 464. The van der Waals surface area contributed by atoms with E-state index in [0.717, 1.165) is 16.9 Å². The van der Waals surface area contributed by atoms with E-state index in [1.165, 1.54) is 11.3 Å². The lowest BCUT2D eigenvalue weighted by Crippen LogP contribution is -2.18. The molecule has 2 amide bonds. The molecule has 0 aliphatic heterocycles. The van der Waals surface area contributed by atoms with Crippen molar-refractivity contribution in [3.05, 3.63) is 16.0 Å². The number of carbonyl (C=O) groups excluding carboxylic acids is 2. The molecule has 0 saturated heterocycles. The largest absolute Gasteiger partial charge is 0.365 e. The molecule has 0 unspecified atom stereocenters. The minimum atomic E-state index is -0.476. The van der Waals surface area contributed by atoms with Crippen molar-refractivity contribution in [2.45, 2.75) is 40.5 Å². The monoisotopic (exact) mass is 268 g/mol. The van der Waals surface area contributed by atoms with E-state index in [-0.39, 0.29) is 11.8 Å². The van der Waals surface area contributed by atoms with Crippen LogP contribution in [0.1, 0.15) is 48.0 Å². The van der Waals surface area contributed by atoms with E-state index in [2.05, 4.69) is 5.32 Å². The van der Waals surface area contributed by atoms with Crippen molar-refractivity contribution in [3.8, 4) is 0 Å². The van der Waals surface area contributed by atoms with Gasteiger partial charge in [0.25, 0.3) is 5.91 Å². The topological polar surface area (TPSA) is 72.2 Å². The van der Waals surface area contributed by atoms with Crippen molar-refractivity contribution in [2.75, 3.05) is 5.32 Å². The number of carbonyl (C=O) groups is 2. The Kier molecular flexibility index (Phi) is 4.90. The Hall–Kier alpha value is -1.36. The number of nitrogens with one attached hydrogen (secondary N) is 1. The van der Waals surface area contributed by atoms with E-state index in [4.69, 9.17) is 5.73 Å². The molecule has 0 bridgehead atoms. The van der Waals surface area contributed by atoms with Crippen LogP contribution in [0.3, 0.4) is 0 Å². The second kappa shape index (κ2) is 6.00. The molecule has 5 heteroatoms. The summed E-state index contributed by atoms with van der Waals surface area (Å²) in [6, 6.07) is 0. The molecule has 1 rings (SSSR count). The van der Waals surface area contributed by atoms with Gasteiger partial charge in [0, 0.05) is 11.3 Å². The third-order valence-electron chi connectivity index (χ3n) is 2.66. The lowest BCUT2D eigenvalue weighted by molar-refractivity contribution is -0.116. The van der Waals surface area contributed by atoms with Crippen LogP contribution in [-0.2, 0) is 11.2 Å². The van der Waals surface area contributed by atoms with E-state index in [1.807, 2.05) is 27.7 Å². The Balaban J connectivity index is 3.02. The molecule has 18 heavy (non-hydrogen) atoms. The van der Waals surface area contributed by atoms with Gasteiger partial charge >= 0.3 is 0 Å². The average molecular weight is 268 g/mol. The molecule has 1 aromatic rings. The van der Waals surface area contributed by atoms with Crippen molar-refractivity contribution in [2.24, 2.45) is 11.7 Å². The maximum Gasteiger partial charge on any atom is 0.251 e. The van der Waals surface area contributed by atoms with Gasteiger partial charge in [0.05, 0.1) is 5.56 Å². The van der Waals surface area contributed by atoms with Crippen molar-refractivity contribution in [3.63, 3.8) is 0 Å². The molecule has 0 fully saturated rings. The van der Waals surface area contributed by atoms with Crippen LogP contribution in [0.25, 0.3) is 0 Å². The summed E-state index contributed by atoms with van der Waals surface area (Å²) in [6.45, 7) is 7.87. The number of hydrogen-bond acceptors (Lipinski definition) is 3. The number of amides is 2. The van der Waals surface area contributed by atoms with Crippen LogP contribution in [0, 0.1) is 12.8 Å². The summed E-state index contributed by atoms with van der Waals surface area (Å²) in [5.74, 6) is -0.263. The summed E-state index contributed by atoms with van der Waals surface area (Å²) in [6.07, 6.45) is 1.18. The molecule has 0 saturated carbocycles. The van der Waals surface area contributed by atoms with Gasteiger partial charge in [-0.15, -0.1) is 11.3 Å². The molecule has 0 aromatic carbocycles. The first-order chi connectivity index (χ1) is 8.36. The summed E-state index contributed by atoms with van der Waals surface area (Å²) in [7, 11) is 0. The van der Waals surface area contributed by atoms with Crippen LogP contribution in [0.15, 0.2) is 0 Å². The molecule has 1 heterocycles. The Morgan fingerprint density at radius 1 is 1.39 bits per heavy atom. The van der Waals surface area contributed by atoms with Crippen LogP contribution >= 0.6 is 11.3 Å². The van der Waals surface area contributed by atoms with Gasteiger partial charge in [0.15, 0.2) is 0 Å². The highest BCUT2D eigenvalue weighted by Crippen LogP contribution is 2.33. The number of aryl methyl sites for hydroxylation is 1. The highest BCUT2D eigenvalue weighted by atomic mass is 32.1. The van der Waals surface area contributed by atoms with Crippen molar-refractivity contribution in [1.29, 1.82) is 0 Å². The molecule has 4 nitrogen and oxygen atoms in total. The molecule has 0 aliphatic rings. The van der Waals surface area contributed by atoms with Gasteiger partial charge < -0.3 is 11.1 Å². The van der Waals surface area contributed by atoms with Gasteiger partial charge in [-0.2, -0.15) is 0 Å². The molecule has 1 aromatic heterocycles. The van der Waals surface area contributed by atoms with Gasteiger partial charge in [-0.05, 0) is 24.8 Å². The first kappa shape index (κ1) is 14.7. The lowest BCUT2D eigenvalue weighted by Gasteiger charge is -2.07. The molecule has 0 radical (unpaired) electrons. The molecule has 100 valence electrons. The Morgan fingerprint density at radius 3 is 2.44 bits per heavy atom. The van der Waals surface area contributed by atoms with Gasteiger partial charge in [0.1, 0.15) is 5.00 Å². The summed E-state index contributed by atoms with van der Waals surface area (Å²) in [4.78, 5) is 24.3. The first-order valence-electron chi connectivity index (χ1n) is 6.08. The minimum Gasteiger partial charge on any atom is -0.365 e. The van der Waals surface area contributed by atoms with E-state index >= 15 is 0 Å². The normalized spacial score (nSPS) is 10.7. The van der Waals surface area contributed by atoms with Gasteiger partial charge in [-0.25, -0.2) is 0 Å². The molecular weight excluding hydrogens is 248 g/mol. The fraction of sp³-hybridized carbons (Fsp3) is 0.538. The van der Waals surface area contributed by atoms with Gasteiger partial charge in [-0.1, -0.05) is 20.8 Å². The van der Waals surface area contributed by atoms with E-state index < -0.39 is 5.91 Å². The first-order valence-corrected chi connectivity index (χ1v) is 6.90. The Labute approximate surface area is 112 Å². The van der Waals surface area contributed by atoms with Crippen molar-refractivity contribution >= 4 is 28.2 Å². The summed E-state index contributed by atoms with van der Waals surface area (Å²) in [5, 5.41) is 3.38. The number of thiophene rings is 1. The van der Waals surface area contributed by atoms with E-state index in [1.54, 1.807) is 0 Å². The lowest BCUT2D eigenvalue weighted by atomic mass is 10.1. The molecular formula is C13H20N2O2S. The highest BCUT2D eigenvalue weighted by Gasteiger charge is 2.20. The minimum absolute atomic E-state index is 0.0728. The molecule has 0 aliphatic carbocycles. The van der Waals surface area contributed by atoms with Gasteiger partial charge in [-0.3, -0.25) is 9.59 Å². The van der Waals surface area contributed by atoms with Crippen LogP contribution in [0.2, 0.25) is 0 Å². The molecule has 0 spiro atoms. The van der Waals surface area contributed by atoms with Gasteiger partial charge in [0.2, 0.25) is 5.91 Å². The fourth-order valence-electron chi connectivity index (χ4n) is 1.90. The smallest absolute Gasteiger partial charge is 0.251 e. The van der Waals surface area contributed by atoms with Crippen LogP contribution in [0.5, 0.6) is 0 Å². The Morgan fingerprint density at radius 2 is 2.00 bits per heavy atom. The number of hydrogen-bond donors (Lipinski definition) is 2. The maximum absolute atomic E-state index is 11.8. The summed E-state index contributed by atoms with van der Waals surface area (Å²) in [5.41, 5.74) is 6.80. The van der Waals surface area contributed by atoms with E-state index in [0.29, 0.717) is 17.0 Å². The second-order valence-corrected chi connectivity index (χ2v) is 5.93. The number of rotatable bonds is 5. The molecule has 3 N–H and O–H groups in total. The third kappa shape index (κ3) is 3.32. The predicted octanol–water partition coefficient (Wildman–Crippen LogP) is 2.70. The zero-order valence-corrected chi connectivity index (χ0v) is 12.1. The number of primary amides is 1. The predicted molar refractivity (Wildman–Crippen MR) is 75.0 cm³/mol. The molecule has 0 atom stereocenters. The highest BCUT2D eigenvalue weighted by molar-refractivity contribution is 7.16. The fourth-order valence-corrected chi connectivity index (χ4v) is 3.07.